The van der Waals surface area contributed by atoms with Gasteiger partial charge in [-0.15, -0.1) is 0 Å². The molecule has 4 rings (SSSR count). The van der Waals surface area contributed by atoms with Gasteiger partial charge in [-0.1, -0.05) is 37.3 Å². The van der Waals surface area contributed by atoms with Gasteiger partial charge in [0.15, 0.2) is 0 Å². The molecule has 0 spiro atoms. The van der Waals surface area contributed by atoms with Crippen molar-refractivity contribution in [3.63, 3.8) is 0 Å². The number of β-amino-alcohol motifs (C(OH)–C–C–N with tert-alkyl or cyclic N) is 1. The summed E-state index contributed by atoms with van der Waals surface area (Å²) in [5.74, 6) is 1.06. The fraction of sp³-hybridized carbons (Fsp3) is 0.625. The van der Waals surface area contributed by atoms with Crippen molar-refractivity contribution in [1.82, 2.24) is 24.7 Å². The lowest BCUT2D eigenvalue weighted by Crippen LogP contribution is -2.58. The zero-order chi connectivity index (χ0) is 20.9. The number of piperazine rings is 1. The van der Waals surface area contributed by atoms with Crippen LogP contribution in [-0.2, 0) is 19.4 Å². The van der Waals surface area contributed by atoms with Crippen molar-refractivity contribution in [2.24, 2.45) is 0 Å². The van der Waals surface area contributed by atoms with Crippen LogP contribution in [-0.4, -0.2) is 87.7 Å². The lowest BCUT2D eigenvalue weighted by Gasteiger charge is -2.45. The fourth-order valence-corrected chi connectivity index (χ4v) is 4.90. The Labute approximate surface area is 180 Å². The van der Waals surface area contributed by atoms with E-state index in [-0.39, 0.29) is 6.10 Å². The number of imidazole rings is 1. The number of benzene rings is 1. The lowest BCUT2D eigenvalue weighted by molar-refractivity contribution is -0.0310. The molecule has 2 aromatic rings. The molecule has 2 saturated heterocycles. The molecule has 1 aromatic heterocycles. The van der Waals surface area contributed by atoms with Crippen LogP contribution in [0.15, 0.2) is 30.3 Å². The summed E-state index contributed by atoms with van der Waals surface area (Å²) in [5, 5.41) is 10.9. The van der Waals surface area contributed by atoms with E-state index in [2.05, 4.69) is 63.9 Å². The van der Waals surface area contributed by atoms with E-state index in [1.807, 2.05) is 0 Å². The van der Waals surface area contributed by atoms with E-state index in [1.165, 1.54) is 5.56 Å². The molecule has 0 radical (unpaired) electrons. The normalized spacial score (nSPS) is 24.4. The third kappa shape index (κ3) is 5.30. The SMILES string of the molecule is CCc1nc(CN2CC[C@@H](N3CCN(CCc4ccccc4)CC3)[C@H](O)C2)c(C)[nH]1. The molecule has 2 aliphatic heterocycles. The first kappa shape index (κ1) is 21.5. The predicted octanol–water partition coefficient (Wildman–Crippen LogP) is 2.08. The van der Waals surface area contributed by atoms with Crippen molar-refractivity contribution in [3.8, 4) is 0 Å². The van der Waals surface area contributed by atoms with Gasteiger partial charge in [0.1, 0.15) is 5.82 Å². The van der Waals surface area contributed by atoms with Crippen LogP contribution in [0.4, 0.5) is 0 Å². The molecule has 6 nitrogen and oxygen atoms in total. The molecule has 0 saturated carbocycles. The maximum atomic E-state index is 10.9. The number of aliphatic hydroxyl groups is 1. The number of aryl methyl sites for hydroxylation is 2. The molecule has 0 bridgehead atoms. The number of aromatic amines is 1. The van der Waals surface area contributed by atoms with Gasteiger partial charge in [-0.25, -0.2) is 4.98 Å². The Bertz CT molecular complexity index is 784. The van der Waals surface area contributed by atoms with Gasteiger partial charge in [-0.2, -0.15) is 0 Å². The van der Waals surface area contributed by atoms with E-state index in [4.69, 9.17) is 4.98 Å². The second-order valence-electron chi connectivity index (χ2n) is 8.88. The minimum absolute atomic E-state index is 0.278. The van der Waals surface area contributed by atoms with Crippen LogP contribution >= 0.6 is 0 Å². The second kappa shape index (κ2) is 10.1. The van der Waals surface area contributed by atoms with Crippen LogP contribution in [0.25, 0.3) is 0 Å². The average molecular weight is 412 g/mol. The molecule has 2 N–H and O–H groups in total. The van der Waals surface area contributed by atoms with E-state index < -0.39 is 0 Å². The minimum Gasteiger partial charge on any atom is -0.390 e. The van der Waals surface area contributed by atoms with Crippen molar-refractivity contribution < 1.29 is 5.11 Å². The molecule has 3 heterocycles. The Morgan fingerprint density at radius 2 is 1.83 bits per heavy atom. The van der Waals surface area contributed by atoms with Gasteiger partial charge in [-0.05, 0) is 25.3 Å². The number of aliphatic hydroxyl groups excluding tert-OH is 1. The monoisotopic (exact) mass is 411 g/mol. The molecule has 30 heavy (non-hydrogen) atoms. The summed E-state index contributed by atoms with van der Waals surface area (Å²) in [6.07, 6.45) is 2.81. The van der Waals surface area contributed by atoms with Crippen molar-refractivity contribution in [1.29, 1.82) is 0 Å². The Morgan fingerprint density at radius 3 is 2.50 bits per heavy atom. The van der Waals surface area contributed by atoms with Crippen molar-refractivity contribution in [3.05, 3.63) is 53.1 Å². The molecule has 0 aliphatic carbocycles. The number of aromatic nitrogens is 2. The average Bonchev–Trinajstić information content (AvgIpc) is 3.13. The Kier molecular flexibility index (Phi) is 7.20. The maximum absolute atomic E-state index is 10.9. The summed E-state index contributed by atoms with van der Waals surface area (Å²) in [4.78, 5) is 15.5. The Balaban J connectivity index is 1.22. The third-order valence-electron chi connectivity index (χ3n) is 6.81. The molecule has 2 atom stereocenters. The van der Waals surface area contributed by atoms with E-state index >= 15 is 0 Å². The number of hydrogen-bond acceptors (Lipinski definition) is 5. The van der Waals surface area contributed by atoms with Crippen molar-refractivity contribution in [2.45, 2.75) is 51.8 Å². The van der Waals surface area contributed by atoms with E-state index in [1.54, 1.807) is 0 Å². The van der Waals surface area contributed by atoms with Gasteiger partial charge >= 0.3 is 0 Å². The molecule has 164 valence electrons. The largest absolute Gasteiger partial charge is 0.390 e. The van der Waals surface area contributed by atoms with E-state index in [0.29, 0.717) is 6.04 Å². The Hall–Kier alpha value is -1.73. The highest BCUT2D eigenvalue weighted by molar-refractivity contribution is 5.15. The van der Waals surface area contributed by atoms with Gasteiger partial charge in [0, 0.05) is 70.5 Å². The second-order valence-corrected chi connectivity index (χ2v) is 8.88. The molecular weight excluding hydrogens is 374 g/mol. The van der Waals surface area contributed by atoms with Gasteiger partial charge < -0.3 is 15.0 Å². The van der Waals surface area contributed by atoms with Crippen LogP contribution in [0.5, 0.6) is 0 Å². The van der Waals surface area contributed by atoms with Crippen molar-refractivity contribution >= 4 is 0 Å². The van der Waals surface area contributed by atoms with Crippen LogP contribution in [0, 0.1) is 6.92 Å². The first-order valence-electron chi connectivity index (χ1n) is 11.6. The summed E-state index contributed by atoms with van der Waals surface area (Å²) >= 11 is 0. The third-order valence-corrected chi connectivity index (χ3v) is 6.81. The predicted molar refractivity (Wildman–Crippen MR) is 121 cm³/mol. The highest BCUT2D eigenvalue weighted by Crippen LogP contribution is 2.21. The molecule has 2 aliphatic rings. The number of nitrogens with zero attached hydrogens (tertiary/aromatic N) is 4. The van der Waals surface area contributed by atoms with Crippen LogP contribution in [0.1, 0.15) is 36.1 Å². The summed E-state index contributed by atoms with van der Waals surface area (Å²) < 4.78 is 0. The van der Waals surface area contributed by atoms with Gasteiger partial charge in [0.05, 0.1) is 11.8 Å². The Morgan fingerprint density at radius 1 is 1.07 bits per heavy atom. The number of piperidine rings is 1. The van der Waals surface area contributed by atoms with Crippen LogP contribution in [0.3, 0.4) is 0 Å². The zero-order valence-electron chi connectivity index (χ0n) is 18.6. The minimum atomic E-state index is -0.278. The zero-order valence-corrected chi connectivity index (χ0v) is 18.6. The molecule has 0 unspecified atom stereocenters. The van der Waals surface area contributed by atoms with Gasteiger partial charge in [-0.3, -0.25) is 9.80 Å². The summed E-state index contributed by atoms with van der Waals surface area (Å²) in [5.41, 5.74) is 3.71. The number of H-pyrrole nitrogens is 1. The highest BCUT2D eigenvalue weighted by atomic mass is 16.3. The summed E-state index contributed by atoms with van der Waals surface area (Å²) in [6.45, 7) is 12.3. The van der Waals surface area contributed by atoms with Gasteiger partial charge in [0.25, 0.3) is 0 Å². The van der Waals surface area contributed by atoms with E-state index in [0.717, 1.165) is 88.8 Å². The molecule has 2 fully saturated rings. The summed E-state index contributed by atoms with van der Waals surface area (Å²) in [6, 6.07) is 11.1. The highest BCUT2D eigenvalue weighted by Gasteiger charge is 2.33. The smallest absolute Gasteiger partial charge is 0.106 e. The number of nitrogens with one attached hydrogen (secondary N) is 1. The molecular formula is C24H37N5O. The maximum Gasteiger partial charge on any atom is 0.106 e. The number of rotatable bonds is 7. The number of hydrogen-bond donors (Lipinski definition) is 2. The molecule has 0 amide bonds. The number of likely N-dealkylation sites (tertiary alicyclic amines) is 1. The summed E-state index contributed by atoms with van der Waals surface area (Å²) in [7, 11) is 0. The lowest BCUT2D eigenvalue weighted by atomic mass is 9.99. The topological polar surface area (TPSA) is 58.6 Å². The first-order chi connectivity index (χ1) is 14.6. The fourth-order valence-electron chi connectivity index (χ4n) is 4.90. The van der Waals surface area contributed by atoms with E-state index in [9.17, 15) is 5.11 Å². The quantitative estimate of drug-likeness (QED) is 0.731. The van der Waals surface area contributed by atoms with Crippen molar-refractivity contribution in [2.75, 3.05) is 45.8 Å². The molecule has 6 heteroatoms. The van der Waals surface area contributed by atoms with Crippen LogP contribution < -0.4 is 0 Å². The molecule has 1 aromatic carbocycles. The van der Waals surface area contributed by atoms with Gasteiger partial charge in [0.2, 0.25) is 0 Å². The standard InChI is InChI=1S/C24H37N5O/c1-3-24-25-19(2)21(26-24)17-28-12-10-22(23(30)18-28)29-15-13-27(14-16-29)11-9-20-7-5-4-6-8-20/h4-8,22-23,30H,3,9-18H2,1-2H3,(H,25,26)/t22-,23-/m1/s1. The first-order valence-corrected chi connectivity index (χ1v) is 11.6. The van der Waals surface area contributed by atoms with Crippen LogP contribution in [0.2, 0.25) is 0 Å².